The Morgan fingerprint density at radius 2 is 2.10 bits per heavy atom. The number of carbonyl (C=O) groups excluding carboxylic acids is 1. The average Bonchev–Trinajstić information content (AvgIpc) is 2.92. The first-order chi connectivity index (χ1) is 10.2. The second-order valence-electron chi connectivity index (χ2n) is 4.73. The summed E-state index contributed by atoms with van der Waals surface area (Å²) in [6, 6.07) is 11.9. The second-order valence-corrected chi connectivity index (χ2v) is 4.73. The number of carbonyl (C=O) groups is 1. The molecule has 0 N–H and O–H groups in total. The minimum Gasteiger partial charge on any atom is -0.461 e. The number of esters is 1. The summed E-state index contributed by atoms with van der Waals surface area (Å²) in [5.41, 5.74) is 2.48. The van der Waals surface area contributed by atoms with E-state index >= 15 is 0 Å². The number of hydrogen-bond donors (Lipinski definition) is 0. The molecule has 21 heavy (non-hydrogen) atoms. The summed E-state index contributed by atoms with van der Waals surface area (Å²) < 4.78 is 6.76. The quantitative estimate of drug-likeness (QED) is 0.786. The van der Waals surface area contributed by atoms with Gasteiger partial charge in [-0.3, -0.25) is 0 Å². The molecule has 4 heteroatoms. The van der Waals surface area contributed by atoms with Crippen LogP contribution in [0.15, 0.2) is 42.5 Å². The lowest BCUT2D eigenvalue weighted by Crippen LogP contribution is -2.06. The molecule has 1 unspecified atom stereocenters. The number of hydrogen-bond acceptors (Lipinski definition) is 3. The van der Waals surface area contributed by atoms with Crippen LogP contribution in [-0.4, -0.2) is 22.4 Å². The van der Waals surface area contributed by atoms with Crippen molar-refractivity contribution in [1.29, 1.82) is 0 Å². The van der Waals surface area contributed by atoms with E-state index in [1.54, 1.807) is 17.7 Å². The van der Waals surface area contributed by atoms with Gasteiger partial charge < -0.3 is 4.74 Å². The summed E-state index contributed by atoms with van der Waals surface area (Å²) >= 11 is 0. The van der Waals surface area contributed by atoms with Gasteiger partial charge in [0.2, 0.25) is 0 Å². The molecule has 1 heterocycles. The highest BCUT2D eigenvalue weighted by Gasteiger charge is 2.19. The van der Waals surface area contributed by atoms with Gasteiger partial charge >= 0.3 is 5.97 Å². The van der Waals surface area contributed by atoms with Crippen molar-refractivity contribution >= 4 is 12.2 Å². The number of rotatable bonds is 5. The number of aromatic nitrogens is 2. The normalized spacial score (nSPS) is 12.5. The molecule has 0 saturated heterocycles. The van der Waals surface area contributed by atoms with Gasteiger partial charge in [0.15, 0.2) is 5.69 Å². The van der Waals surface area contributed by atoms with E-state index in [9.17, 15) is 4.79 Å². The van der Waals surface area contributed by atoms with Crippen molar-refractivity contribution in [2.45, 2.75) is 26.7 Å². The largest absolute Gasteiger partial charge is 0.461 e. The Labute approximate surface area is 125 Å². The van der Waals surface area contributed by atoms with Crippen LogP contribution in [0.5, 0.6) is 0 Å². The molecule has 0 aliphatic carbocycles. The molecule has 0 saturated carbocycles. The molecule has 2 aromatic rings. The van der Waals surface area contributed by atoms with E-state index in [0.29, 0.717) is 12.3 Å². The Hall–Kier alpha value is -2.36. The fourth-order valence-electron chi connectivity index (χ4n) is 2.21. The summed E-state index contributed by atoms with van der Waals surface area (Å²) in [5.74, 6) is -0.250. The van der Waals surface area contributed by atoms with E-state index < -0.39 is 0 Å². The third kappa shape index (κ3) is 3.40. The fourth-order valence-corrected chi connectivity index (χ4v) is 2.21. The maximum Gasteiger partial charge on any atom is 0.358 e. The van der Waals surface area contributed by atoms with Crippen molar-refractivity contribution < 1.29 is 9.53 Å². The maximum atomic E-state index is 11.9. The molecule has 1 aromatic carbocycles. The SMILES string of the molecule is C/C=C\n1nc(C(=O)OCC)cc1C(C)c1ccccc1. The molecular formula is C17H20N2O2. The third-order valence-corrected chi connectivity index (χ3v) is 3.28. The smallest absolute Gasteiger partial charge is 0.358 e. The van der Waals surface area contributed by atoms with Crippen LogP contribution >= 0.6 is 0 Å². The van der Waals surface area contributed by atoms with Gasteiger partial charge in [0.25, 0.3) is 0 Å². The first kappa shape index (κ1) is 15.0. The number of benzene rings is 1. The zero-order valence-electron chi connectivity index (χ0n) is 12.6. The molecule has 1 atom stereocenters. The van der Waals surface area contributed by atoms with Crippen LogP contribution in [0.25, 0.3) is 6.20 Å². The lowest BCUT2D eigenvalue weighted by Gasteiger charge is -2.12. The van der Waals surface area contributed by atoms with Crippen molar-refractivity contribution in [3.63, 3.8) is 0 Å². The molecule has 4 nitrogen and oxygen atoms in total. The summed E-state index contributed by atoms with van der Waals surface area (Å²) in [5, 5.41) is 4.32. The molecule has 0 bridgehead atoms. The lowest BCUT2D eigenvalue weighted by molar-refractivity contribution is 0.0519. The Morgan fingerprint density at radius 3 is 2.71 bits per heavy atom. The van der Waals surface area contributed by atoms with Gasteiger partial charge in [0, 0.05) is 12.1 Å². The van der Waals surface area contributed by atoms with Crippen molar-refractivity contribution in [2.24, 2.45) is 0 Å². The molecule has 2 rings (SSSR count). The van der Waals surface area contributed by atoms with Crippen molar-refractivity contribution in [3.8, 4) is 0 Å². The number of allylic oxidation sites excluding steroid dienone is 1. The third-order valence-electron chi connectivity index (χ3n) is 3.28. The van der Waals surface area contributed by atoms with E-state index in [1.165, 1.54) is 5.56 Å². The number of nitrogens with zero attached hydrogens (tertiary/aromatic N) is 2. The highest BCUT2D eigenvalue weighted by Crippen LogP contribution is 2.25. The van der Waals surface area contributed by atoms with Crippen LogP contribution in [0.4, 0.5) is 0 Å². The van der Waals surface area contributed by atoms with Crippen LogP contribution in [0.1, 0.15) is 48.4 Å². The number of ether oxygens (including phenoxy) is 1. The standard InChI is InChI=1S/C17H20N2O2/c1-4-11-19-16(12-15(18-19)17(20)21-5-2)13(3)14-9-7-6-8-10-14/h4,6-13H,5H2,1-3H3/b11-4-. The van der Waals surface area contributed by atoms with E-state index in [2.05, 4.69) is 24.2 Å². The molecule has 0 aliphatic heterocycles. The van der Waals surface area contributed by atoms with E-state index in [0.717, 1.165) is 5.69 Å². The summed E-state index contributed by atoms with van der Waals surface area (Å²) in [6.07, 6.45) is 3.74. The van der Waals surface area contributed by atoms with Gasteiger partial charge in [0.1, 0.15) is 0 Å². The Morgan fingerprint density at radius 1 is 1.38 bits per heavy atom. The van der Waals surface area contributed by atoms with Crippen LogP contribution in [0.3, 0.4) is 0 Å². The first-order valence-electron chi connectivity index (χ1n) is 7.11. The molecule has 0 amide bonds. The molecular weight excluding hydrogens is 264 g/mol. The van der Waals surface area contributed by atoms with Gasteiger partial charge in [-0.05, 0) is 25.5 Å². The maximum absolute atomic E-state index is 11.9. The zero-order chi connectivity index (χ0) is 15.2. The monoisotopic (exact) mass is 284 g/mol. The van der Waals surface area contributed by atoms with Gasteiger partial charge in [-0.25, -0.2) is 9.48 Å². The highest BCUT2D eigenvalue weighted by molar-refractivity contribution is 5.87. The molecule has 0 spiro atoms. The van der Waals surface area contributed by atoms with Crippen molar-refractivity contribution in [1.82, 2.24) is 9.78 Å². The van der Waals surface area contributed by atoms with Gasteiger partial charge in [0.05, 0.1) is 12.3 Å². The lowest BCUT2D eigenvalue weighted by atomic mass is 9.97. The van der Waals surface area contributed by atoms with E-state index in [1.807, 2.05) is 37.4 Å². The average molecular weight is 284 g/mol. The second kappa shape index (κ2) is 6.88. The zero-order valence-corrected chi connectivity index (χ0v) is 12.6. The molecule has 0 aliphatic rings. The summed E-state index contributed by atoms with van der Waals surface area (Å²) in [6.45, 7) is 6.15. The van der Waals surface area contributed by atoms with E-state index in [-0.39, 0.29) is 11.9 Å². The molecule has 1 aromatic heterocycles. The topological polar surface area (TPSA) is 44.1 Å². The summed E-state index contributed by atoms with van der Waals surface area (Å²) in [4.78, 5) is 11.9. The molecule has 0 fully saturated rings. The Kier molecular flexibility index (Phi) is 4.93. The minimum atomic E-state index is -0.387. The Bertz CT molecular complexity index is 629. The van der Waals surface area contributed by atoms with Crippen molar-refractivity contribution in [3.05, 3.63) is 59.4 Å². The summed E-state index contributed by atoms with van der Waals surface area (Å²) in [7, 11) is 0. The van der Waals surface area contributed by atoms with Crippen molar-refractivity contribution in [2.75, 3.05) is 6.61 Å². The van der Waals surface area contributed by atoms with Crippen LogP contribution in [0, 0.1) is 0 Å². The minimum absolute atomic E-state index is 0.137. The Balaban J connectivity index is 2.39. The van der Waals surface area contributed by atoms with Crippen LogP contribution in [-0.2, 0) is 4.74 Å². The predicted molar refractivity (Wildman–Crippen MR) is 83.1 cm³/mol. The fraction of sp³-hybridized carbons (Fsp3) is 0.294. The highest BCUT2D eigenvalue weighted by atomic mass is 16.5. The molecule has 110 valence electrons. The van der Waals surface area contributed by atoms with Gasteiger partial charge in [-0.2, -0.15) is 5.10 Å². The van der Waals surface area contributed by atoms with Gasteiger partial charge in [-0.1, -0.05) is 43.3 Å². The van der Waals surface area contributed by atoms with E-state index in [4.69, 9.17) is 4.74 Å². The van der Waals surface area contributed by atoms with Crippen LogP contribution in [0.2, 0.25) is 0 Å². The predicted octanol–water partition coefficient (Wildman–Crippen LogP) is 3.70. The van der Waals surface area contributed by atoms with Gasteiger partial charge in [-0.15, -0.1) is 0 Å². The first-order valence-corrected chi connectivity index (χ1v) is 7.11. The van der Waals surface area contributed by atoms with Crippen LogP contribution < -0.4 is 0 Å². The molecule has 0 radical (unpaired) electrons.